The maximum atomic E-state index is 8.59. The third-order valence-electron chi connectivity index (χ3n) is 2.36. The summed E-state index contributed by atoms with van der Waals surface area (Å²) in [5.74, 6) is 0. The van der Waals surface area contributed by atoms with Crippen LogP contribution in [-0.4, -0.2) is 23.4 Å². The lowest BCUT2D eigenvalue weighted by Crippen LogP contribution is -2.17. The molecule has 14 heavy (non-hydrogen) atoms. The van der Waals surface area contributed by atoms with E-state index in [1.807, 2.05) is 18.3 Å². The molecule has 0 spiro atoms. The number of hydrogen-bond donors (Lipinski definition) is 3. The molecule has 3 nitrogen and oxygen atoms in total. The van der Waals surface area contributed by atoms with Crippen molar-refractivity contribution in [3.05, 3.63) is 36.0 Å². The van der Waals surface area contributed by atoms with E-state index in [2.05, 4.69) is 22.4 Å². The molecule has 1 aromatic carbocycles. The standard InChI is InChI=1S/C11H14N2O/c14-8-12-6-5-9-7-13-11-4-2-1-3-10(9)11/h1-4,7,12-14H,5-6,8H2. The van der Waals surface area contributed by atoms with Crippen molar-refractivity contribution in [2.45, 2.75) is 6.42 Å². The number of fused-ring (bicyclic) bond motifs is 1. The van der Waals surface area contributed by atoms with Gasteiger partial charge in [-0.1, -0.05) is 18.2 Å². The van der Waals surface area contributed by atoms with Crippen molar-refractivity contribution >= 4 is 10.9 Å². The summed E-state index contributed by atoms with van der Waals surface area (Å²) < 4.78 is 0. The molecular formula is C11H14N2O. The van der Waals surface area contributed by atoms with E-state index >= 15 is 0 Å². The minimum absolute atomic E-state index is 0.0440. The second kappa shape index (κ2) is 4.26. The van der Waals surface area contributed by atoms with Gasteiger partial charge in [-0.25, -0.2) is 0 Å². The van der Waals surface area contributed by atoms with Gasteiger partial charge >= 0.3 is 0 Å². The van der Waals surface area contributed by atoms with Gasteiger partial charge in [-0.2, -0.15) is 0 Å². The summed E-state index contributed by atoms with van der Waals surface area (Å²) in [6.07, 6.45) is 2.97. The zero-order valence-corrected chi connectivity index (χ0v) is 7.96. The van der Waals surface area contributed by atoms with Crippen LogP contribution in [0.5, 0.6) is 0 Å². The molecule has 0 aliphatic carbocycles. The maximum absolute atomic E-state index is 8.59. The van der Waals surface area contributed by atoms with E-state index < -0.39 is 0 Å². The van der Waals surface area contributed by atoms with Crippen LogP contribution in [-0.2, 0) is 6.42 Å². The summed E-state index contributed by atoms with van der Waals surface area (Å²) in [6.45, 7) is 0.848. The Morgan fingerprint density at radius 2 is 2.14 bits per heavy atom. The van der Waals surface area contributed by atoms with Crippen LogP contribution in [0.2, 0.25) is 0 Å². The minimum Gasteiger partial charge on any atom is -0.381 e. The second-order valence-electron chi connectivity index (χ2n) is 3.27. The molecule has 0 bridgehead atoms. The Morgan fingerprint density at radius 3 is 3.00 bits per heavy atom. The van der Waals surface area contributed by atoms with Crippen LogP contribution in [0, 0.1) is 0 Å². The first kappa shape index (κ1) is 9.24. The Labute approximate surface area is 82.8 Å². The molecule has 1 heterocycles. The van der Waals surface area contributed by atoms with Crippen molar-refractivity contribution in [1.29, 1.82) is 0 Å². The lowest BCUT2D eigenvalue weighted by atomic mass is 10.1. The van der Waals surface area contributed by atoms with Crippen molar-refractivity contribution in [3.63, 3.8) is 0 Å². The topological polar surface area (TPSA) is 48.0 Å². The molecule has 0 radical (unpaired) electrons. The molecule has 3 N–H and O–H groups in total. The molecule has 0 aliphatic rings. The summed E-state index contributed by atoms with van der Waals surface area (Å²) in [7, 11) is 0. The Morgan fingerprint density at radius 1 is 1.29 bits per heavy atom. The van der Waals surface area contributed by atoms with Gasteiger partial charge in [-0.15, -0.1) is 0 Å². The third kappa shape index (κ3) is 1.78. The highest BCUT2D eigenvalue weighted by Crippen LogP contribution is 2.17. The largest absolute Gasteiger partial charge is 0.381 e. The van der Waals surface area contributed by atoms with Gasteiger partial charge in [0.15, 0.2) is 0 Å². The average molecular weight is 190 g/mol. The molecule has 0 fully saturated rings. The first-order chi connectivity index (χ1) is 6.92. The normalized spacial score (nSPS) is 10.9. The predicted molar refractivity (Wildman–Crippen MR) is 57.1 cm³/mol. The van der Waals surface area contributed by atoms with Gasteiger partial charge in [0.05, 0.1) is 6.73 Å². The molecule has 2 aromatic rings. The smallest absolute Gasteiger partial charge is 0.0931 e. The molecule has 0 atom stereocenters. The zero-order valence-electron chi connectivity index (χ0n) is 7.96. The lowest BCUT2D eigenvalue weighted by Gasteiger charge is -1.99. The summed E-state index contributed by atoms with van der Waals surface area (Å²) in [4.78, 5) is 3.22. The quantitative estimate of drug-likeness (QED) is 0.502. The third-order valence-corrected chi connectivity index (χ3v) is 2.36. The Kier molecular flexibility index (Phi) is 2.81. The number of aromatic amines is 1. The number of nitrogens with one attached hydrogen (secondary N) is 2. The van der Waals surface area contributed by atoms with E-state index in [1.54, 1.807) is 0 Å². The van der Waals surface area contributed by atoms with Crippen molar-refractivity contribution in [3.8, 4) is 0 Å². The number of aliphatic hydroxyl groups excluding tert-OH is 1. The number of H-pyrrole nitrogens is 1. The predicted octanol–water partition coefficient (Wildman–Crippen LogP) is 1.25. The molecule has 0 amide bonds. The number of hydrogen-bond acceptors (Lipinski definition) is 2. The van der Waals surface area contributed by atoms with E-state index in [-0.39, 0.29) is 6.73 Å². The molecular weight excluding hydrogens is 176 g/mol. The van der Waals surface area contributed by atoms with E-state index in [0.717, 1.165) is 13.0 Å². The molecule has 0 saturated heterocycles. The van der Waals surface area contributed by atoms with Crippen LogP contribution in [0.25, 0.3) is 10.9 Å². The van der Waals surface area contributed by atoms with Gasteiger partial charge in [0.2, 0.25) is 0 Å². The minimum atomic E-state index is 0.0440. The van der Waals surface area contributed by atoms with Crippen LogP contribution in [0.1, 0.15) is 5.56 Å². The van der Waals surface area contributed by atoms with Crippen LogP contribution in [0.15, 0.2) is 30.5 Å². The Hall–Kier alpha value is -1.32. The zero-order chi connectivity index (χ0) is 9.80. The van der Waals surface area contributed by atoms with E-state index in [1.165, 1.54) is 16.5 Å². The molecule has 74 valence electrons. The number of aliphatic hydroxyl groups is 1. The van der Waals surface area contributed by atoms with Crippen molar-refractivity contribution in [1.82, 2.24) is 10.3 Å². The molecule has 1 aromatic heterocycles. The molecule has 2 rings (SSSR count). The van der Waals surface area contributed by atoms with Gasteiger partial charge in [-0.05, 0) is 18.1 Å². The molecule has 0 unspecified atom stereocenters. The van der Waals surface area contributed by atoms with E-state index in [0.29, 0.717) is 0 Å². The fourth-order valence-corrected chi connectivity index (χ4v) is 1.64. The summed E-state index contributed by atoms with van der Waals surface area (Å²) in [5, 5.41) is 12.8. The first-order valence-corrected chi connectivity index (χ1v) is 4.78. The number of benzene rings is 1. The maximum Gasteiger partial charge on any atom is 0.0931 e. The SMILES string of the molecule is OCNCCc1c[nH]c2ccccc12. The fraction of sp³-hybridized carbons (Fsp3) is 0.273. The van der Waals surface area contributed by atoms with Crippen LogP contribution in [0.4, 0.5) is 0 Å². The monoisotopic (exact) mass is 190 g/mol. The van der Waals surface area contributed by atoms with Gasteiger partial charge in [-0.3, -0.25) is 5.32 Å². The number of para-hydroxylation sites is 1. The van der Waals surface area contributed by atoms with Gasteiger partial charge in [0.1, 0.15) is 0 Å². The lowest BCUT2D eigenvalue weighted by molar-refractivity contribution is 0.262. The molecule has 0 saturated carbocycles. The van der Waals surface area contributed by atoms with Crippen LogP contribution in [0.3, 0.4) is 0 Å². The highest BCUT2D eigenvalue weighted by atomic mass is 16.3. The number of aromatic nitrogens is 1. The van der Waals surface area contributed by atoms with Gasteiger partial charge in [0.25, 0.3) is 0 Å². The summed E-state index contributed by atoms with van der Waals surface area (Å²) >= 11 is 0. The average Bonchev–Trinajstić information content (AvgIpc) is 2.63. The molecule has 0 aliphatic heterocycles. The van der Waals surface area contributed by atoms with Crippen molar-refractivity contribution in [2.24, 2.45) is 0 Å². The van der Waals surface area contributed by atoms with Gasteiger partial charge in [0, 0.05) is 23.6 Å². The van der Waals surface area contributed by atoms with E-state index in [4.69, 9.17) is 5.11 Å². The van der Waals surface area contributed by atoms with Crippen LogP contribution >= 0.6 is 0 Å². The Balaban J connectivity index is 2.17. The van der Waals surface area contributed by atoms with Crippen molar-refractivity contribution < 1.29 is 5.11 Å². The fourth-order valence-electron chi connectivity index (χ4n) is 1.64. The van der Waals surface area contributed by atoms with E-state index in [9.17, 15) is 0 Å². The number of rotatable bonds is 4. The van der Waals surface area contributed by atoms with Crippen molar-refractivity contribution in [2.75, 3.05) is 13.3 Å². The van der Waals surface area contributed by atoms with Gasteiger partial charge < -0.3 is 10.1 Å². The first-order valence-electron chi connectivity index (χ1n) is 4.78. The summed E-state index contributed by atoms with van der Waals surface area (Å²) in [5.41, 5.74) is 2.47. The highest BCUT2D eigenvalue weighted by molar-refractivity contribution is 5.83. The summed E-state index contributed by atoms with van der Waals surface area (Å²) in [6, 6.07) is 8.24. The highest BCUT2D eigenvalue weighted by Gasteiger charge is 2.01. The second-order valence-corrected chi connectivity index (χ2v) is 3.27. The molecule has 3 heteroatoms. The Bertz CT molecular complexity index is 408. The van der Waals surface area contributed by atoms with Crippen LogP contribution < -0.4 is 5.32 Å².